The third-order valence-corrected chi connectivity index (χ3v) is 3.25. The van der Waals surface area contributed by atoms with E-state index in [2.05, 4.69) is 11.4 Å². The van der Waals surface area contributed by atoms with Gasteiger partial charge in [0.2, 0.25) is 0 Å². The maximum absolute atomic E-state index is 13.2. The molecule has 0 radical (unpaired) electrons. The molecule has 0 saturated heterocycles. The quantitative estimate of drug-likeness (QED) is 0.892. The van der Waals surface area contributed by atoms with E-state index in [1.165, 1.54) is 23.5 Å². The number of halogens is 1. The molecule has 1 unspecified atom stereocenters. The van der Waals surface area contributed by atoms with E-state index >= 15 is 0 Å². The minimum atomic E-state index is -0.434. The van der Waals surface area contributed by atoms with E-state index < -0.39 is 6.04 Å². The molecule has 0 fully saturated rings. The molecule has 1 aromatic carbocycles. The number of nitrogens with one attached hydrogen (secondary N) is 1. The fourth-order valence-electron chi connectivity index (χ4n) is 1.61. The molecule has 86 valence electrons. The Morgan fingerprint density at radius 3 is 2.82 bits per heavy atom. The highest BCUT2D eigenvalue weighted by molar-refractivity contribution is 7.10. The SMILES string of the molecule is Cc1cc(F)cc(NC(C#N)c2cccs2)c1. The second kappa shape index (κ2) is 4.98. The van der Waals surface area contributed by atoms with Gasteiger partial charge in [0, 0.05) is 10.6 Å². The monoisotopic (exact) mass is 246 g/mol. The zero-order valence-electron chi connectivity index (χ0n) is 9.27. The molecular weight excluding hydrogens is 235 g/mol. The lowest BCUT2D eigenvalue weighted by atomic mass is 10.2. The van der Waals surface area contributed by atoms with Gasteiger partial charge < -0.3 is 5.32 Å². The van der Waals surface area contributed by atoms with Gasteiger partial charge >= 0.3 is 0 Å². The van der Waals surface area contributed by atoms with Crippen molar-refractivity contribution in [2.75, 3.05) is 5.32 Å². The molecule has 0 spiro atoms. The van der Waals surface area contributed by atoms with Crippen molar-refractivity contribution in [3.05, 3.63) is 52.0 Å². The van der Waals surface area contributed by atoms with Crippen LogP contribution in [-0.2, 0) is 0 Å². The van der Waals surface area contributed by atoms with E-state index in [-0.39, 0.29) is 5.82 Å². The molecule has 0 aliphatic rings. The number of rotatable bonds is 3. The number of aryl methyl sites for hydroxylation is 1. The summed E-state index contributed by atoms with van der Waals surface area (Å²) < 4.78 is 13.2. The number of hydrogen-bond acceptors (Lipinski definition) is 3. The van der Waals surface area contributed by atoms with E-state index in [9.17, 15) is 4.39 Å². The molecule has 1 N–H and O–H groups in total. The van der Waals surface area contributed by atoms with E-state index in [0.717, 1.165) is 10.4 Å². The van der Waals surface area contributed by atoms with Gasteiger partial charge in [0.25, 0.3) is 0 Å². The predicted molar refractivity (Wildman–Crippen MR) is 67.4 cm³/mol. The van der Waals surface area contributed by atoms with Gasteiger partial charge in [-0.1, -0.05) is 6.07 Å². The van der Waals surface area contributed by atoms with Crippen molar-refractivity contribution in [3.8, 4) is 6.07 Å². The smallest absolute Gasteiger partial charge is 0.149 e. The summed E-state index contributed by atoms with van der Waals surface area (Å²) in [6, 6.07) is 10.2. The van der Waals surface area contributed by atoms with Gasteiger partial charge in [0.05, 0.1) is 6.07 Å². The lowest BCUT2D eigenvalue weighted by Crippen LogP contribution is -2.07. The standard InChI is InChI=1S/C13H11FN2S/c1-9-5-10(14)7-11(6-9)16-12(8-15)13-3-2-4-17-13/h2-7,12,16H,1H3. The van der Waals surface area contributed by atoms with Gasteiger partial charge in [-0.2, -0.15) is 5.26 Å². The summed E-state index contributed by atoms with van der Waals surface area (Å²) >= 11 is 1.50. The van der Waals surface area contributed by atoms with Crippen LogP contribution in [0.2, 0.25) is 0 Å². The Morgan fingerprint density at radius 2 is 2.24 bits per heavy atom. The maximum atomic E-state index is 13.2. The second-order valence-electron chi connectivity index (χ2n) is 3.74. The number of benzene rings is 1. The summed E-state index contributed by atoms with van der Waals surface area (Å²) in [6.45, 7) is 1.82. The Kier molecular flexibility index (Phi) is 3.40. The molecule has 0 aliphatic heterocycles. The van der Waals surface area contributed by atoms with Crippen LogP contribution in [0.25, 0.3) is 0 Å². The van der Waals surface area contributed by atoms with E-state index in [1.807, 2.05) is 30.5 Å². The largest absolute Gasteiger partial charge is 0.365 e. The lowest BCUT2D eigenvalue weighted by molar-refractivity contribution is 0.627. The Labute approximate surface area is 103 Å². The number of hydrogen-bond donors (Lipinski definition) is 1. The molecule has 0 aliphatic carbocycles. The first-order chi connectivity index (χ1) is 8.19. The van der Waals surface area contributed by atoms with Crippen LogP contribution in [0.5, 0.6) is 0 Å². The average Bonchev–Trinajstić information content (AvgIpc) is 2.77. The van der Waals surface area contributed by atoms with Gasteiger partial charge in [-0.3, -0.25) is 0 Å². The number of nitriles is 1. The zero-order valence-corrected chi connectivity index (χ0v) is 10.1. The van der Waals surface area contributed by atoms with Crippen molar-refractivity contribution in [3.63, 3.8) is 0 Å². The Bertz CT molecular complexity index is 523. The van der Waals surface area contributed by atoms with Crippen molar-refractivity contribution < 1.29 is 4.39 Å². The number of anilines is 1. The van der Waals surface area contributed by atoms with Gasteiger partial charge in [0.15, 0.2) is 0 Å². The third kappa shape index (κ3) is 2.83. The van der Waals surface area contributed by atoms with Crippen LogP contribution in [-0.4, -0.2) is 0 Å². The highest BCUT2D eigenvalue weighted by Crippen LogP contribution is 2.24. The van der Waals surface area contributed by atoms with Gasteiger partial charge in [-0.15, -0.1) is 11.3 Å². The van der Waals surface area contributed by atoms with Crippen LogP contribution in [0.3, 0.4) is 0 Å². The minimum Gasteiger partial charge on any atom is -0.365 e. The molecule has 17 heavy (non-hydrogen) atoms. The summed E-state index contributed by atoms with van der Waals surface area (Å²) in [5.74, 6) is -0.296. The van der Waals surface area contributed by atoms with Crippen molar-refractivity contribution in [1.82, 2.24) is 0 Å². The summed E-state index contributed by atoms with van der Waals surface area (Å²) in [6.07, 6.45) is 0. The Balaban J connectivity index is 2.22. The molecule has 0 amide bonds. The summed E-state index contributed by atoms with van der Waals surface area (Å²) in [7, 11) is 0. The van der Waals surface area contributed by atoms with E-state index in [0.29, 0.717) is 5.69 Å². The van der Waals surface area contributed by atoms with Gasteiger partial charge in [-0.05, 0) is 42.1 Å². The minimum absolute atomic E-state index is 0.296. The zero-order chi connectivity index (χ0) is 12.3. The molecule has 2 nitrogen and oxygen atoms in total. The molecular formula is C13H11FN2S. The topological polar surface area (TPSA) is 35.8 Å². The molecule has 2 aromatic rings. The summed E-state index contributed by atoms with van der Waals surface area (Å²) in [5.41, 5.74) is 1.46. The van der Waals surface area contributed by atoms with Gasteiger partial charge in [-0.25, -0.2) is 4.39 Å². The van der Waals surface area contributed by atoms with Gasteiger partial charge in [0.1, 0.15) is 11.9 Å². The lowest BCUT2D eigenvalue weighted by Gasteiger charge is -2.12. The van der Waals surface area contributed by atoms with Crippen molar-refractivity contribution >= 4 is 17.0 Å². The van der Waals surface area contributed by atoms with Crippen LogP contribution in [0.1, 0.15) is 16.5 Å². The fourth-order valence-corrected chi connectivity index (χ4v) is 2.33. The normalized spacial score (nSPS) is 11.8. The summed E-state index contributed by atoms with van der Waals surface area (Å²) in [4.78, 5) is 0.925. The first-order valence-corrected chi connectivity index (χ1v) is 6.04. The molecule has 0 bridgehead atoms. The van der Waals surface area contributed by atoms with Crippen LogP contribution < -0.4 is 5.32 Å². The van der Waals surface area contributed by atoms with Crippen LogP contribution in [0, 0.1) is 24.1 Å². The van der Waals surface area contributed by atoms with E-state index in [4.69, 9.17) is 5.26 Å². The summed E-state index contributed by atoms with van der Waals surface area (Å²) in [5, 5.41) is 14.0. The predicted octanol–water partition coefficient (Wildman–Crippen LogP) is 3.87. The first kappa shape index (κ1) is 11.6. The average molecular weight is 246 g/mol. The van der Waals surface area contributed by atoms with Crippen LogP contribution in [0.15, 0.2) is 35.7 Å². The van der Waals surface area contributed by atoms with Crippen molar-refractivity contribution in [1.29, 1.82) is 5.26 Å². The van der Waals surface area contributed by atoms with Crippen LogP contribution in [0.4, 0.5) is 10.1 Å². The highest BCUT2D eigenvalue weighted by atomic mass is 32.1. The van der Waals surface area contributed by atoms with Crippen molar-refractivity contribution in [2.24, 2.45) is 0 Å². The first-order valence-electron chi connectivity index (χ1n) is 5.16. The molecule has 0 saturated carbocycles. The molecule has 1 atom stereocenters. The Morgan fingerprint density at radius 1 is 1.41 bits per heavy atom. The highest BCUT2D eigenvalue weighted by Gasteiger charge is 2.11. The molecule has 4 heteroatoms. The number of nitrogens with zero attached hydrogens (tertiary/aromatic N) is 1. The van der Waals surface area contributed by atoms with E-state index in [1.54, 1.807) is 0 Å². The van der Waals surface area contributed by atoms with Crippen LogP contribution >= 0.6 is 11.3 Å². The molecule has 1 heterocycles. The van der Waals surface area contributed by atoms with Crippen molar-refractivity contribution in [2.45, 2.75) is 13.0 Å². The fraction of sp³-hybridized carbons (Fsp3) is 0.154. The third-order valence-electron chi connectivity index (χ3n) is 2.31. The molecule has 2 rings (SSSR count). The maximum Gasteiger partial charge on any atom is 0.149 e. The second-order valence-corrected chi connectivity index (χ2v) is 4.72. The molecule has 1 aromatic heterocycles. The number of thiophene rings is 1. The Hall–Kier alpha value is -1.86.